The summed E-state index contributed by atoms with van der Waals surface area (Å²) < 4.78 is 0. The normalized spacial score (nSPS) is 17.4. The van der Waals surface area contributed by atoms with Gasteiger partial charge in [0.2, 0.25) is 0 Å². The SMILES string of the molecule is CCCC(C)NCC(C)N(C)C(C)CCC. The first-order valence-electron chi connectivity index (χ1n) is 6.98. The summed E-state index contributed by atoms with van der Waals surface area (Å²) in [7, 11) is 2.25. The summed E-state index contributed by atoms with van der Waals surface area (Å²) in [6.45, 7) is 12.5. The zero-order valence-corrected chi connectivity index (χ0v) is 12.2. The molecule has 0 amide bonds. The van der Waals surface area contributed by atoms with Crippen LogP contribution in [0.1, 0.15) is 60.3 Å². The van der Waals surface area contributed by atoms with Crippen molar-refractivity contribution in [2.45, 2.75) is 78.4 Å². The Bertz CT molecular complexity index is 159. The molecular formula is C14H32N2. The van der Waals surface area contributed by atoms with Crippen LogP contribution in [0.3, 0.4) is 0 Å². The summed E-state index contributed by atoms with van der Waals surface area (Å²) in [6.07, 6.45) is 5.12. The molecular weight excluding hydrogens is 196 g/mol. The molecule has 0 aliphatic rings. The van der Waals surface area contributed by atoms with Gasteiger partial charge in [-0.05, 0) is 40.7 Å². The first-order valence-corrected chi connectivity index (χ1v) is 6.98. The lowest BCUT2D eigenvalue weighted by atomic mass is 10.1. The highest BCUT2D eigenvalue weighted by Crippen LogP contribution is 2.08. The lowest BCUT2D eigenvalue weighted by Gasteiger charge is -2.31. The number of nitrogens with one attached hydrogen (secondary N) is 1. The Morgan fingerprint density at radius 3 is 2.00 bits per heavy atom. The van der Waals surface area contributed by atoms with Crippen molar-refractivity contribution >= 4 is 0 Å². The molecule has 0 spiro atoms. The van der Waals surface area contributed by atoms with Crippen LogP contribution in [0.4, 0.5) is 0 Å². The predicted molar refractivity (Wildman–Crippen MR) is 74.0 cm³/mol. The van der Waals surface area contributed by atoms with E-state index in [1.165, 1.54) is 25.7 Å². The summed E-state index contributed by atoms with van der Waals surface area (Å²) in [5.74, 6) is 0. The van der Waals surface area contributed by atoms with E-state index in [1.807, 2.05) is 0 Å². The molecule has 0 aliphatic carbocycles. The molecule has 1 N–H and O–H groups in total. The molecule has 0 saturated carbocycles. The second-order valence-corrected chi connectivity index (χ2v) is 5.25. The average molecular weight is 228 g/mol. The van der Waals surface area contributed by atoms with Gasteiger partial charge in [-0.2, -0.15) is 0 Å². The van der Waals surface area contributed by atoms with E-state index >= 15 is 0 Å². The minimum atomic E-state index is 0.626. The van der Waals surface area contributed by atoms with Gasteiger partial charge in [0.05, 0.1) is 0 Å². The van der Waals surface area contributed by atoms with Crippen LogP contribution in [-0.2, 0) is 0 Å². The van der Waals surface area contributed by atoms with Crippen LogP contribution < -0.4 is 5.32 Å². The van der Waals surface area contributed by atoms with Crippen molar-refractivity contribution in [1.82, 2.24) is 10.2 Å². The van der Waals surface area contributed by atoms with E-state index in [0.717, 1.165) is 6.54 Å². The molecule has 0 aromatic heterocycles. The van der Waals surface area contributed by atoms with Gasteiger partial charge in [-0.1, -0.05) is 26.7 Å². The summed E-state index contributed by atoms with van der Waals surface area (Å²) in [5, 5.41) is 3.62. The van der Waals surface area contributed by atoms with E-state index in [2.05, 4.69) is 51.9 Å². The molecule has 0 saturated heterocycles. The van der Waals surface area contributed by atoms with Gasteiger partial charge in [0.15, 0.2) is 0 Å². The maximum absolute atomic E-state index is 3.62. The van der Waals surface area contributed by atoms with Gasteiger partial charge in [-0.25, -0.2) is 0 Å². The van der Waals surface area contributed by atoms with E-state index in [-0.39, 0.29) is 0 Å². The molecule has 0 aromatic rings. The molecule has 0 fully saturated rings. The van der Waals surface area contributed by atoms with Gasteiger partial charge in [-0.3, -0.25) is 4.90 Å². The third kappa shape index (κ3) is 6.49. The van der Waals surface area contributed by atoms with E-state index in [0.29, 0.717) is 18.1 Å². The zero-order chi connectivity index (χ0) is 12.6. The van der Waals surface area contributed by atoms with Gasteiger partial charge >= 0.3 is 0 Å². The van der Waals surface area contributed by atoms with Gasteiger partial charge < -0.3 is 5.32 Å². The molecule has 3 unspecified atom stereocenters. The maximum atomic E-state index is 3.62. The molecule has 16 heavy (non-hydrogen) atoms. The van der Waals surface area contributed by atoms with Crippen LogP contribution in [0.5, 0.6) is 0 Å². The number of hydrogen-bond donors (Lipinski definition) is 1. The molecule has 0 bridgehead atoms. The number of rotatable bonds is 9. The molecule has 0 radical (unpaired) electrons. The van der Waals surface area contributed by atoms with Gasteiger partial charge in [0.25, 0.3) is 0 Å². The fourth-order valence-electron chi connectivity index (χ4n) is 2.11. The largest absolute Gasteiger partial charge is 0.313 e. The van der Waals surface area contributed by atoms with Crippen molar-refractivity contribution in [3.8, 4) is 0 Å². The molecule has 2 heteroatoms. The minimum Gasteiger partial charge on any atom is -0.313 e. The van der Waals surface area contributed by atoms with Crippen LogP contribution >= 0.6 is 0 Å². The first kappa shape index (κ1) is 15.9. The lowest BCUT2D eigenvalue weighted by Crippen LogP contribution is -2.44. The van der Waals surface area contributed by atoms with Gasteiger partial charge in [0, 0.05) is 24.7 Å². The average Bonchev–Trinajstić information content (AvgIpc) is 2.25. The Kier molecular flexibility index (Phi) is 8.96. The molecule has 0 heterocycles. The number of hydrogen-bond acceptors (Lipinski definition) is 2. The third-order valence-corrected chi connectivity index (χ3v) is 3.58. The van der Waals surface area contributed by atoms with Crippen molar-refractivity contribution < 1.29 is 0 Å². The van der Waals surface area contributed by atoms with Crippen LogP contribution in [0.2, 0.25) is 0 Å². The highest BCUT2D eigenvalue weighted by Gasteiger charge is 2.15. The van der Waals surface area contributed by atoms with Crippen molar-refractivity contribution in [3.63, 3.8) is 0 Å². The van der Waals surface area contributed by atoms with E-state index in [1.54, 1.807) is 0 Å². The zero-order valence-electron chi connectivity index (χ0n) is 12.2. The second kappa shape index (κ2) is 9.00. The Labute approximate surface area is 103 Å². The second-order valence-electron chi connectivity index (χ2n) is 5.25. The fourth-order valence-corrected chi connectivity index (χ4v) is 2.11. The quantitative estimate of drug-likeness (QED) is 0.651. The van der Waals surface area contributed by atoms with Crippen LogP contribution in [0, 0.1) is 0 Å². The van der Waals surface area contributed by atoms with Crippen LogP contribution in [0.25, 0.3) is 0 Å². The minimum absolute atomic E-state index is 0.626. The molecule has 98 valence electrons. The Hall–Kier alpha value is -0.0800. The third-order valence-electron chi connectivity index (χ3n) is 3.58. The first-order chi connectivity index (χ1) is 7.52. The molecule has 0 aromatic carbocycles. The molecule has 0 rings (SSSR count). The predicted octanol–water partition coefficient (Wildman–Crippen LogP) is 3.27. The van der Waals surface area contributed by atoms with E-state index in [9.17, 15) is 0 Å². The topological polar surface area (TPSA) is 15.3 Å². The standard InChI is InChI=1S/C14H32N2/c1-7-9-12(3)15-11-14(5)16(6)13(4)10-8-2/h12-15H,7-11H2,1-6H3. The Morgan fingerprint density at radius 2 is 1.50 bits per heavy atom. The summed E-state index contributed by atoms with van der Waals surface area (Å²) in [5.41, 5.74) is 0. The fraction of sp³-hybridized carbons (Fsp3) is 1.00. The molecule has 2 nitrogen and oxygen atoms in total. The monoisotopic (exact) mass is 228 g/mol. The van der Waals surface area contributed by atoms with E-state index in [4.69, 9.17) is 0 Å². The number of nitrogens with zero attached hydrogens (tertiary/aromatic N) is 1. The molecule has 0 aliphatic heterocycles. The molecule has 3 atom stereocenters. The van der Waals surface area contributed by atoms with Crippen molar-refractivity contribution in [2.24, 2.45) is 0 Å². The summed E-state index contributed by atoms with van der Waals surface area (Å²) >= 11 is 0. The number of likely N-dealkylation sites (N-methyl/N-ethyl adjacent to an activating group) is 1. The lowest BCUT2D eigenvalue weighted by molar-refractivity contribution is 0.180. The Morgan fingerprint density at radius 1 is 0.938 bits per heavy atom. The highest BCUT2D eigenvalue weighted by molar-refractivity contribution is 4.73. The van der Waals surface area contributed by atoms with Crippen LogP contribution in [-0.4, -0.2) is 36.6 Å². The van der Waals surface area contributed by atoms with Crippen molar-refractivity contribution in [3.05, 3.63) is 0 Å². The van der Waals surface area contributed by atoms with Gasteiger partial charge in [0.1, 0.15) is 0 Å². The summed E-state index contributed by atoms with van der Waals surface area (Å²) in [6, 6.07) is 1.98. The highest BCUT2D eigenvalue weighted by atomic mass is 15.2. The van der Waals surface area contributed by atoms with Gasteiger partial charge in [-0.15, -0.1) is 0 Å². The van der Waals surface area contributed by atoms with Crippen LogP contribution in [0.15, 0.2) is 0 Å². The smallest absolute Gasteiger partial charge is 0.0192 e. The maximum Gasteiger partial charge on any atom is 0.0192 e. The summed E-state index contributed by atoms with van der Waals surface area (Å²) in [4.78, 5) is 2.50. The van der Waals surface area contributed by atoms with Crippen molar-refractivity contribution in [1.29, 1.82) is 0 Å². The van der Waals surface area contributed by atoms with Crippen molar-refractivity contribution in [2.75, 3.05) is 13.6 Å². The Balaban J connectivity index is 3.81. The van der Waals surface area contributed by atoms with E-state index < -0.39 is 0 Å².